The fourth-order valence-electron chi connectivity index (χ4n) is 1.82. The highest BCUT2D eigenvalue weighted by atomic mass is 32.1. The number of hydrogen-bond acceptors (Lipinski definition) is 4. The number of halogens is 1. The second-order valence-corrected chi connectivity index (χ2v) is 5.52. The van der Waals surface area contributed by atoms with Gasteiger partial charge in [-0.05, 0) is 30.7 Å². The molecule has 0 aliphatic heterocycles. The molecule has 0 saturated carbocycles. The number of ketones is 1. The van der Waals surface area contributed by atoms with E-state index in [4.69, 9.17) is 4.74 Å². The van der Waals surface area contributed by atoms with Gasteiger partial charge in [-0.15, -0.1) is 11.3 Å². The van der Waals surface area contributed by atoms with Gasteiger partial charge in [-0.1, -0.05) is 13.3 Å². The number of ether oxygens (including phenoxy) is 1. The summed E-state index contributed by atoms with van der Waals surface area (Å²) >= 11 is 1.37. The highest BCUT2D eigenvalue weighted by Crippen LogP contribution is 2.22. The molecule has 20 heavy (non-hydrogen) atoms. The molecule has 2 aromatic rings. The molecule has 0 bridgehead atoms. The molecule has 0 spiro atoms. The van der Waals surface area contributed by atoms with Crippen LogP contribution in [0.3, 0.4) is 0 Å². The molecule has 3 nitrogen and oxygen atoms in total. The van der Waals surface area contributed by atoms with E-state index in [0.717, 1.165) is 23.5 Å². The summed E-state index contributed by atoms with van der Waals surface area (Å²) in [7, 11) is 0. The zero-order valence-electron chi connectivity index (χ0n) is 11.5. The maximum atomic E-state index is 12.8. The molecule has 0 radical (unpaired) electrons. The van der Waals surface area contributed by atoms with Gasteiger partial charge >= 0.3 is 0 Å². The monoisotopic (exact) mass is 293 g/mol. The average Bonchev–Trinajstić information content (AvgIpc) is 2.82. The summed E-state index contributed by atoms with van der Waals surface area (Å²) in [5, 5.41) is 0.767. The summed E-state index contributed by atoms with van der Waals surface area (Å²) in [6, 6.07) is 5.84. The number of aromatic nitrogens is 1. The fraction of sp³-hybridized carbons (Fsp3) is 0.333. The maximum Gasteiger partial charge on any atom is 0.171 e. The smallest absolute Gasteiger partial charge is 0.171 e. The molecule has 0 atom stereocenters. The van der Waals surface area contributed by atoms with E-state index in [0.29, 0.717) is 17.2 Å². The normalized spacial score (nSPS) is 10.6. The molecular weight excluding hydrogens is 277 g/mol. The minimum Gasteiger partial charge on any atom is -0.486 e. The Hall–Kier alpha value is -1.75. The number of benzene rings is 1. The fourth-order valence-corrected chi connectivity index (χ4v) is 2.74. The molecule has 1 aromatic carbocycles. The van der Waals surface area contributed by atoms with Gasteiger partial charge in [-0.2, -0.15) is 0 Å². The second kappa shape index (κ2) is 6.61. The Morgan fingerprint density at radius 1 is 1.35 bits per heavy atom. The van der Waals surface area contributed by atoms with E-state index in [-0.39, 0.29) is 11.6 Å². The van der Waals surface area contributed by atoms with E-state index in [1.165, 1.54) is 23.5 Å². The van der Waals surface area contributed by atoms with Gasteiger partial charge in [0.05, 0.1) is 10.6 Å². The Balaban J connectivity index is 2.07. The first-order chi connectivity index (χ1) is 9.60. The van der Waals surface area contributed by atoms with Gasteiger partial charge in [0, 0.05) is 6.92 Å². The summed E-state index contributed by atoms with van der Waals surface area (Å²) < 4.78 is 18.3. The zero-order chi connectivity index (χ0) is 14.5. The molecule has 0 fully saturated rings. The van der Waals surface area contributed by atoms with Crippen molar-refractivity contribution in [2.24, 2.45) is 0 Å². The lowest BCUT2D eigenvalue weighted by Gasteiger charge is -2.03. The highest BCUT2D eigenvalue weighted by molar-refractivity contribution is 7.13. The minimum absolute atomic E-state index is 0.0407. The lowest BCUT2D eigenvalue weighted by molar-refractivity contribution is 0.102. The third-order valence-electron chi connectivity index (χ3n) is 2.72. The molecule has 2 rings (SSSR count). The first-order valence-electron chi connectivity index (χ1n) is 6.48. The first kappa shape index (κ1) is 14.7. The average molecular weight is 293 g/mol. The Labute approximate surface area is 121 Å². The van der Waals surface area contributed by atoms with Crippen LogP contribution >= 0.6 is 11.3 Å². The number of aryl methyl sites for hydroxylation is 1. The van der Waals surface area contributed by atoms with Crippen molar-refractivity contribution in [2.45, 2.75) is 33.3 Å². The van der Waals surface area contributed by atoms with Gasteiger partial charge in [0.15, 0.2) is 5.78 Å². The molecule has 0 N–H and O–H groups in total. The molecular formula is C15H16FNO2S. The van der Waals surface area contributed by atoms with Gasteiger partial charge in [0.1, 0.15) is 23.2 Å². The van der Waals surface area contributed by atoms with Gasteiger partial charge in [-0.25, -0.2) is 9.37 Å². The van der Waals surface area contributed by atoms with Crippen LogP contribution < -0.4 is 4.74 Å². The maximum absolute atomic E-state index is 12.8. The summed E-state index contributed by atoms with van der Waals surface area (Å²) in [4.78, 5) is 16.7. The van der Waals surface area contributed by atoms with Crippen molar-refractivity contribution < 1.29 is 13.9 Å². The molecule has 0 amide bonds. The van der Waals surface area contributed by atoms with Gasteiger partial charge in [0.2, 0.25) is 0 Å². The summed E-state index contributed by atoms with van der Waals surface area (Å²) in [5.74, 6) is 0.331. The van der Waals surface area contributed by atoms with Gasteiger partial charge in [0.25, 0.3) is 0 Å². The standard InChI is InChI=1S/C15H16FNO2S/c1-3-4-13-15(10(2)18)20-14(17-13)9-19-12-7-5-11(16)6-8-12/h5-8H,3-4,9H2,1-2H3. The van der Waals surface area contributed by atoms with Crippen LogP contribution in [0.1, 0.15) is 40.6 Å². The minimum atomic E-state index is -0.296. The number of carbonyl (C=O) groups excluding carboxylic acids is 1. The number of rotatable bonds is 6. The van der Waals surface area contributed by atoms with E-state index in [2.05, 4.69) is 11.9 Å². The van der Waals surface area contributed by atoms with Crippen molar-refractivity contribution in [3.63, 3.8) is 0 Å². The number of Topliss-reactive ketones (excluding diaryl/α,β-unsaturated/α-hetero) is 1. The lowest BCUT2D eigenvalue weighted by atomic mass is 10.2. The molecule has 1 heterocycles. The van der Waals surface area contributed by atoms with Crippen molar-refractivity contribution in [3.05, 3.63) is 45.7 Å². The summed E-state index contributed by atoms with van der Waals surface area (Å²) in [6.07, 6.45) is 1.74. The third kappa shape index (κ3) is 3.63. The SMILES string of the molecule is CCCc1nc(COc2ccc(F)cc2)sc1C(C)=O. The van der Waals surface area contributed by atoms with Crippen molar-refractivity contribution in [2.75, 3.05) is 0 Å². The molecule has 0 aliphatic carbocycles. The Kier molecular flexibility index (Phi) is 4.84. The summed E-state index contributed by atoms with van der Waals surface area (Å²) in [6.45, 7) is 3.90. The van der Waals surface area contributed by atoms with Crippen LogP contribution in [0.25, 0.3) is 0 Å². The molecule has 0 unspecified atom stereocenters. The number of hydrogen-bond donors (Lipinski definition) is 0. The Morgan fingerprint density at radius 2 is 2.05 bits per heavy atom. The number of thiazole rings is 1. The van der Waals surface area contributed by atoms with Gasteiger partial charge in [-0.3, -0.25) is 4.79 Å². The quantitative estimate of drug-likeness (QED) is 0.755. The van der Waals surface area contributed by atoms with Crippen molar-refractivity contribution >= 4 is 17.1 Å². The van der Waals surface area contributed by atoms with E-state index in [1.807, 2.05) is 0 Å². The molecule has 0 saturated heterocycles. The summed E-state index contributed by atoms with van der Waals surface area (Å²) in [5.41, 5.74) is 0.850. The van der Waals surface area contributed by atoms with Crippen LogP contribution in [0.4, 0.5) is 4.39 Å². The third-order valence-corrected chi connectivity index (χ3v) is 3.90. The Morgan fingerprint density at radius 3 is 2.65 bits per heavy atom. The van der Waals surface area contributed by atoms with Crippen molar-refractivity contribution in [1.29, 1.82) is 0 Å². The van der Waals surface area contributed by atoms with Gasteiger partial charge < -0.3 is 4.74 Å². The highest BCUT2D eigenvalue weighted by Gasteiger charge is 2.14. The second-order valence-electron chi connectivity index (χ2n) is 4.43. The topological polar surface area (TPSA) is 39.2 Å². The van der Waals surface area contributed by atoms with E-state index in [1.54, 1.807) is 19.1 Å². The molecule has 1 aromatic heterocycles. The van der Waals surface area contributed by atoms with Crippen LogP contribution in [-0.2, 0) is 13.0 Å². The predicted octanol–water partition coefficient (Wildman–Crippen LogP) is 4.02. The first-order valence-corrected chi connectivity index (χ1v) is 7.29. The van der Waals surface area contributed by atoms with Crippen LogP contribution in [0, 0.1) is 5.82 Å². The number of nitrogens with zero attached hydrogens (tertiary/aromatic N) is 1. The van der Waals surface area contributed by atoms with Crippen molar-refractivity contribution in [1.82, 2.24) is 4.98 Å². The largest absolute Gasteiger partial charge is 0.486 e. The van der Waals surface area contributed by atoms with Crippen LogP contribution in [-0.4, -0.2) is 10.8 Å². The zero-order valence-corrected chi connectivity index (χ0v) is 12.3. The Bertz CT molecular complexity index is 592. The van der Waals surface area contributed by atoms with E-state index in [9.17, 15) is 9.18 Å². The molecule has 106 valence electrons. The number of carbonyl (C=O) groups is 1. The molecule has 5 heteroatoms. The van der Waals surface area contributed by atoms with Crippen molar-refractivity contribution in [3.8, 4) is 5.75 Å². The molecule has 0 aliphatic rings. The lowest BCUT2D eigenvalue weighted by Crippen LogP contribution is -1.96. The van der Waals surface area contributed by atoms with E-state index < -0.39 is 0 Å². The predicted molar refractivity (Wildman–Crippen MR) is 76.8 cm³/mol. The van der Waals surface area contributed by atoms with E-state index >= 15 is 0 Å². The van der Waals surface area contributed by atoms with Crippen LogP contribution in [0.15, 0.2) is 24.3 Å². The van der Waals surface area contributed by atoms with Crippen LogP contribution in [0.5, 0.6) is 5.75 Å². The van der Waals surface area contributed by atoms with Crippen LogP contribution in [0.2, 0.25) is 0 Å².